The number of nitrogens with two attached hydrogens (primary N) is 1. The number of hydrogen-bond donors (Lipinski definition) is 2. The Balaban J connectivity index is 1.76. The highest BCUT2D eigenvalue weighted by Crippen LogP contribution is 2.25. The number of rotatable bonds is 5. The van der Waals surface area contributed by atoms with E-state index in [2.05, 4.69) is 4.98 Å². The maximum absolute atomic E-state index is 13.3. The van der Waals surface area contributed by atoms with Gasteiger partial charge >= 0.3 is 0 Å². The minimum atomic E-state index is -3.80. The molecular formula is C22H22N4O6S. The fourth-order valence-corrected chi connectivity index (χ4v) is 5.09. The summed E-state index contributed by atoms with van der Waals surface area (Å²) in [6, 6.07) is 11.5. The zero-order chi connectivity index (χ0) is 23.8. The van der Waals surface area contributed by atoms with Crippen molar-refractivity contribution in [1.82, 2.24) is 9.29 Å². The number of aromatic amines is 1. The molecule has 0 saturated carbocycles. The van der Waals surface area contributed by atoms with E-state index in [1.165, 1.54) is 46.6 Å². The van der Waals surface area contributed by atoms with Gasteiger partial charge in [0.05, 0.1) is 23.7 Å². The third-order valence-electron chi connectivity index (χ3n) is 5.50. The second-order valence-corrected chi connectivity index (χ2v) is 9.48. The number of primary amides is 1. The lowest BCUT2D eigenvalue weighted by atomic mass is 10.1. The first-order valence-corrected chi connectivity index (χ1v) is 11.6. The van der Waals surface area contributed by atoms with Crippen molar-refractivity contribution in [3.8, 4) is 0 Å². The Labute approximate surface area is 189 Å². The molecule has 2 heterocycles. The van der Waals surface area contributed by atoms with Gasteiger partial charge in [-0.1, -0.05) is 0 Å². The summed E-state index contributed by atoms with van der Waals surface area (Å²) in [5.41, 5.74) is 5.91. The van der Waals surface area contributed by atoms with Gasteiger partial charge in [0.2, 0.25) is 21.5 Å². The molecule has 0 aliphatic carbocycles. The second kappa shape index (κ2) is 8.77. The Morgan fingerprint density at radius 1 is 1.06 bits per heavy atom. The molecule has 33 heavy (non-hydrogen) atoms. The lowest BCUT2D eigenvalue weighted by molar-refractivity contribution is 0.0730. The van der Waals surface area contributed by atoms with Crippen LogP contribution in [0.15, 0.2) is 58.2 Å². The third kappa shape index (κ3) is 4.38. The Kier molecular flexibility index (Phi) is 6.02. The van der Waals surface area contributed by atoms with E-state index in [4.69, 9.17) is 10.5 Å². The van der Waals surface area contributed by atoms with Crippen LogP contribution < -0.4 is 16.2 Å². The van der Waals surface area contributed by atoms with E-state index in [0.29, 0.717) is 35.4 Å². The molecule has 172 valence electrons. The number of ether oxygens (including phenoxy) is 1. The summed E-state index contributed by atoms with van der Waals surface area (Å²) < 4.78 is 32.7. The molecule has 3 N–H and O–H groups in total. The predicted molar refractivity (Wildman–Crippen MR) is 122 cm³/mol. The number of carbonyl (C=O) groups excluding carboxylic acids is 2. The SMILES string of the molecule is CN(C(=O)c1cc(=O)[nH]c2ccc(S(=O)(=O)N3CCOCC3)cc12)c1ccc(C(N)=O)cc1. The maximum Gasteiger partial charge on any atom is 0.258 e. The molecule has 1 aromatic heterocycles. The summed E-state index contributed by atoms with van der Waals surface area (Å²) in [5, 5.41) is 0.301. The van der Waals surface area contributed by atoms with Crippen molar-refractivity contribution in [3.05, 3.63) is 70.0 Å². The van der Waals surface area contributed by atoms with Crippen LogP contribution in [-0.4, -0.2) is 62.9 Å². The number of carbonyl (C=O) groups is 2. The number of morpholine rings is 1. The number of sulfonamides is 1. The smallest absolute Gasteiger partial charge is 0.258 e. The van der Waals surface area contributed by atoms with E-state index in [-0.39, 0.29) is 23.5 Å². The molecule has 1 aliphatic rings. The molecule has 0 atom stereocenters. The average Bonchev–Trinajstić information content (AvgIpc) is 2.82. The van der Waals surface area contributed by atoms with E-state index < -0.39 is 27.4 Å². The average molecular weight is 471 g/mol. The Bertz CT molecular complexity index is 1390. The topological polar surface area (TPSA) is 143 Å². The molecular weight excluding hydrogens is 448 g/mol. The molecule has 10 nitrogen and oxygen atoms in total. The van der Waals surface area contributed by atoms with Crippen LogP contribution in [0.2, 0.25) is 0 Å². The van der Waals surface area contributed by atoms with Crippen LogP contribution >= 0.6 is 0 Å². The molecule has 0 radical (unpaired) electrons. The quantitative estimate of drug-likeness (QED) is 0.568. The van der Waals surface area contributed by atoms with Gasteiger partial charge in [0.15, 0.2) is 0 Å². The van der Waals surface area contributed by atoms with E-state index in [9.17, 15) is 22.8 Å². The summed E-state index contributed by atoms with van der Waals surface area (Å²) in [6.07, 6.45) is 0. The number of nitrogens with one attached hydrogen (secondary N) is 1. The van der Waals surface area contributed by atoms with Crippen molar-refractivity contribution < 1.29 is 22.7 Å². The van der Waals surface area contributed by atoms with Crippen LogP contribution in [0.25, 0.3) is 10.9 Å². The van der Waals surface area contributed by atoms with E-state index in [1.54, 1.807) is 12.1 Å². The molecule has 0 bridgehead atoms. The van der Waals surface area contributed by atoms with Crippen LogP contribution in [0.1, 0.15) is 20.7 Å². The number of benzene rings is 2. The van der Waals surface area contributed by atoms with Gasteiger partial charge in [-0.3, -0.25) is 14.4 Å². The number of pyridine rings is 1. The van der Waals surface area contributed by atoms with Crippen molar-refractivity contribution in [3.63, 3.8) is 0 Å². The molecule has 2 amide bonds. The van der Waals surface area contributed by atoms with Crippen molar-refractivity contribution in [2.75, 3.05) is 38.3 Å². The van der Waals surface area contributed by atoms with Gasteiger partial charge in [-0.25, -0.2) is 8.42 Å². The first-order chi connectivity index (χ1) is 15.7. The number of hydrogen-bond acceptors (Lipinski definition) is 6. The molecule has 2 aromatic carbocycles. The summed E-state index contributed by atoms with van der Waals surface area (Å²) in [4.78, 5) is 40.8. The number of fused-ring (bicyclic) bond motifs is 1. The molecule has 3 aromatic rings. The largest absolute Gasteiger partial charge is 0.379 e. The monoisotopic (exact) mass is 470 g/mol. The highest BCUT2D eigenvalue weighted by Gasteiger charge is 2.27. The van der Waals surface area contributed by atoms with Crippen molar-refractivity contribution in [1.29, 1.82) is 0 Å². The molecule has 1 fully saturated rings. The van der Waals surface area contributed by atoms with Crippen LogP contribution in [0.5, 0.6) is 0 Å². The third-order valence-corrected chi connectivity index (χ3v) is 7.39. The number of H-pyrrole nitrogens is 1. The van der Waals surface area contributed by atoms with Crippen LogP contribution in [-0.2, 0) is 14.8 Å². The summed E-state index contributed by atoms with van der Waals surface area (Å²) in [5.74, 6) is -1.11. The lowest BCUT2D eigenvalue weighted by Crippen LogP contribution is -2.40. The van der Waals surface area contributed by atoms with Crippen molar-refractivity contribution >= 4 is 38.4 Å². The van der Waals surface area contributed by atoms with E-state index in [1.807, 2.05) is 0 Å². The Morgan fingerprint density at radius 3 is 2.36 bits per heavy atom. The predicted octanol–water partition coefficient (Wildman–Crippen LogP) is 0.925. The van der Waals surface area contributed by atoms with E-state index >= 15 is 0 Å². The Hall–Kier alpha value is -3.54. The van der Waals surface area contributed by atoms with Crippen LogP contribution in [0, 0.1) is 0 Å². The number of aromatic nitrogens is 1. The van der Waals surface area contributed by atoms with E-state index in [0.717, 1.165) is 6.07 Å². The van der Waals surface area contributed by atoms with Gasteiger partial charge in [0, 0.05) is 48.4 Å². The number of anilines is 1. The number of amides is 2. The Morgan fingerprint density at radius 2 is 1.73 bits per heavy atom. The zero-order valence-electron chi connectivity index (χ0n) is 17.8. The van der Waals surface area contributed by atoms with Gasteiger partial charge in [-0.2, -0.15) is 4.31 Å². The highest BCUT2D eigenvalue weighted by molar-refractivity contribution is 7.89. The minimum Gasteiger partial charge on any atom is -0.379 e. The fourth-order valence-electron chi connectivity index (χ4n) is 3.65. The van der Waals surface area contributed by atoms with Gasteiger partial charge < -0.3 is 20.4 Å². The van der Waals surface area contributed by atoms with Gasteiger partial charge in [-0.15, -0.1) is 0 Å². The molecule has 11 heteroatoms. The molecule has 0 unspecified atom stereocenters. The van der Waals surface area contributed by atoms with Gasteiger partial charge in [0.25, 0.3) is 5.91 Å². The maximum atomic E-state index is 13.3. The molecule has 1 aliphatic heterocycles. The zero-order valence-corrected chi connectivity index (χ0v) is 18.6. The highest BCUT2D eigenvalue weighted by atomic mass is 32.2. The summed E-state index contributed by atoms with van der Waals surface area (Å²) in [6.45, 7) is 1.09. The van der Waals surface area contributed by atoms with Crippen LogP contribution in [0.3, 0.4) is 0 Å². The molecule has 1 saturated heterocycles. The van der Waals surface area contributed by atoms with Crippen LogP contribution in [0.4, 0.5) is 5.69 Å². The molecule has 4 rings (SSSR count). The van der Waals surface area contributed by atoms with Crippen molar-refractivity contribution in [2.45, 2.75) is 4.90 Å². The molecule has 0 spiro atoms. The lowest BCUT2D eigenvalue weighted by Gasteiger charge is -2.26. The first kappa shape index (κ1) is 22.6. The van der Waals surface area contributed by atoms with Gasteiger partial charge in [0.1, 0.15) is 0 Å². The summed E-state index contributed by atoms with van der Waals surface area (Å²) >= 11 is 0. The van der Waals surface area contributed by atoms with Gasteiger partial charge in [-0.05, 0) is 42.5 Å². The summed E-state index contributed by atoms with van der Waals surface area (Å²) in [7, 11) is -2.28. The number of nitrogens with zero attached hydrogens (tertiary/aromatic N) is 2. The minimum absolute atomic E-state index is 0.0199. The second-order valence-electron chi connectivity index (χ2n) is 7.55. The standard InChI is InChI=1S/C22H22N4O6S/c1-25(15-4-2-14(3-5-15)21(23)28)22(29)18-13-20(27)24-19-7-6-16(12-17(18)19)33(30,31)26-8-10-32-11-9-26/h2-7,12-13H,8-11H2,1H3,(H2,23,28)(H,24,27). The normalized spacial score (nSPS) is 14.8. The fraction of sp³-hybridized carbons (Fsp3) is 0.227. The first-order valence-electron chi connectivity index (χ1n) is 10.1. The van der Waals surface area contributed by atoms with Crippen molar-refractivity contribution in [2.24, 2.45) is 5.73 Å².